The van der Waals surface area contributed by atoms with Crippen molar-refractivity contribution in [2.45, 2.75) is 19.1 Å². The molecule has 0 radical (unpaired) electrons. The minimum absolute atomic E-state index is 0. The highest BCUT2D eigenvalue weighted by molar-refractivity contribution is 7.07. The summed E-state index contributed by atoms with van der Waals surface area (Å²) in [5.74, 6) is -0.0246. The van der Waals surface area contributed by atoms with Crippen LogP contribution in [0.1, 0.15) is 28.9 Å². The third-order valence-electron chi connectivity index (χ3n) is 3.65. The zero-order chi connectivity index (χ0) is 14.8. The molecule has 118 valence electrons. The second kappa shape index (κ2) is 7.13. The van der Waals surface area contributed by atoms with Gasteiger partial charge in [-0.15, -0.1) is 12.4 Å². The Labute approximate surface area is 140 Å². The molecule has 22 heavy (non-hydrogen) atoms. The minimum atomic E-state index is -0.0612. The van der Waals surface area contributed by atoms with Crippen molar-refractivity contribution < 1.29 is 9.53 Å². The topological polar surface area (TPSA) is 55.6 Å². The number of morpholine rings is 1. The Hall–Kier alpha value is -1.56. The molecule has 2 aromatic rings. The summed E-state index contributed by atoms with van der Waals surface area (Å²) in [6.45, 7) is 3.15. The zero-order valence-electron chi connectivity index (χ0n) is 12.3. The summed E-state index contributed by atoms with van der Waals surface area (Å²) in [7, 11) is 0. The number of nitrogens with two attached hydrogens (primary N) is 1. The van der Waals surface area contributed by atoms with Crippen molar-refractivity contribution in [1.29, 1.82) is 0 Å². The maximum absolute atomic E-state index is 12.7. The van der Waals surface area contributed by atoms with Gasteiger partial charge in [0.25, 0.3) is 5.91 Å². The van der Waals surface area contributed by atoms with Crippen LogP contribution in [0.4, 0.5) is 5.69 Å². The van der Waals surface area contributed by atoms with Gasteiger partial charge in [0.1, 0.15) is 6.10 Å². The SMILES string of the molecule is CC1CN(C(=O)c2ccccc2N)CC(c2ccsc2)O1.Cl. The molecule has 1 aromatic carbocycles. The number of hydrogen-bond donors (Lipinski definition) is 1. The van der Waals surface area contributed by atoms with Crippen LogP contribution in [0.3, 0.4) is 0 Å². The molecule has 0 spiro atoms. The van der Waals surface area contributed by atoms with Gasteiger partial charge >= 0.3 is 0 Å². The van der Waals surface area contributed by atoms with Crippen molar-refractivity contribution in [3.05, 3.63) is 52.2 Å². The third-order valence-corrected chi connectivity index (χ3v) is 4.36. The molecule has 1 amide bonds. The van der Waals surface area contributed by atoms with Crippen LogP contribution in [0.15, 0.2) is 41.1 Å². The second-order valence-electron chi connectivity index (χ2n) is 5.29. The van der Waals surface area contributed by atoms with E-state index in [0.29, 0.717) is 24.3 Å². The van der Waals surface area contributed by atoms with Crippen molar-refractivity contribution in [2.75, 3.05) is 18.8 Å². The smallest absolute Gasteiger partial charge is 0.256 e. The van der Waals surface area contributed by atoms with Crippen molar-refractivity contribution in [2.24, 2.45) is 0 Å². The van der Waals surface area contributed by atoms with Crippen molar-refractivity contribution in [3.63, 3.8) is 0 Å². The quantitative estimate of drug-likeness (QED) is 0.854. The molecule has 1 aromatic heterocycles. The lowest BCUT2D eigenvalue weighted by Gasteiger charge is -2.36. The number of benzene rings is 1. The number of rotatable bonds is 2. The van der Waals surface area contributed by atoms with Crippen LogP contribution < -0.4 is 5.73 Å². The second-order valence-corrected chi connectivity index (χ2v) is 6.07. The maximum Gasteiger partial charge on any atom is 0.256 e. The number of ether oxygens (including phenoxy) is 1. The number of halogens is 1. The number of carbonyl (C=O) groups is 1. The van der Waals surface area contributed by atoms with Crippen LogP contribution in [0, 0.1) is 0 Å². The van der Waals surface area contributed by atoms with Gasteiger partial charge in [0.2, 0.25) is 0 Å². The van der Waals surface area contributed by atoms with Gasteiger partial charge < -0.3 is 15.4 Å². The van der Waals surface area contributed by atoms with Crippen molar-refractivity contribution in [1.82, 2.24) is 4.90 Å². The number of nitrogens with zero attached hydrogens (tertiary/aromatic N) is 1. The number of para-hydroxylation sites is 1. The Morgan fingerprint density at radius 2 is 2.09 bits per heavy atom. The third kappa shape index (κ3) is 3.43. The average molecular weight is 339 g/mol. The van der Waals surface area contributed by atoms with Gasteiger partial charge in [0.15, 0.2) is 0 Å². The fourth-order valence-electron chi connectivity index (χ4n) is 2.62. The van der Waals surface area contributed by atoms with E-state index in [1.165, 1.54) is 0 Å². The molecule has 2 N–H and O–H groups in total. The van der Waals surface area contributed by atoms with E-state index in [1.54, 1.807) is 23.5 Å². The van der Waals surface area contributed by atoms with Gasteiger partial charge in [0.05, 0.1) is 18.2 Å². The summed E-state index contributed by atoms with van der Waals surface area (Å²) in [5.41, 5.74) is 8.13. The molecular weight excluding hydrogens is 320 g/mol. The van der Waals surface area contributed by atoms with Gasteiger partial charge in [0, 0.05) is 12.2 Å². The lowest BCUT2D eigenvalue weighted by atomic mass is 10.1. The van der Waals surface area contributed by atoms with Gasteiger partial charge in [-0.3, -0.25) is 4.79 Å². The maximum atomic E-state index is 12.7. The van der Waals surface area contributed by atoms with E-state index in [0.717, 1.165) is 5.56 Å². The molecule has 4 nitrogen and oxygen atoms in total. The van der Waals surface area contributed by atoms with Gasteiger partial charge in [-0.1, -0.05) is 12.1 Å². The molecule has 0 bridgehead atoms. The standard InChI is InChI=1S/C16H18N2O2S.ClH/c1-11-8-18(9-15(20-11)12-6-7-21-10-12)16(19)13-4-2-3-5-14(13)17;/h2-7,10-11,15H,8-9,17H2,1H3;1H. The summed E-state index contributed by atoms with van der Waals surface area (Å²) in [6, 6.07) is 9.25. The highest BCUT2D eigenvalue weighted by Gasteiger charge is 2.30. The van der Waals surface area contributed by atoms with E-state index in [1.807, 2.05) is 35.4 Å². The highest BCUT2D eigenvalue weighted by atomic mass is 35.5. The predicted octanol–water partition coefficient (Wildman–Crippen LogP) is 3.35. The number of anilines is 1. The summed E-state index contributed by atoms with van der Waals surface area (Å²) in [6.07, 6.45) is -0.0496. The molecule has 3 rings (SSSR count). The van der Waals surface area contributed by atoms with Crippen LogP contribution in [-0.4, -0.2) is 30.0 Å². The van der Waals surface area contributed by atoms with E-state index in [9.17, 15) is 4.79 Å². The van der Waals surface area contributed by atoms with Crippen molar-refractivity contribution in [3.8, 4) is 0 Å². The average Bonchev–Trinajstić information content (AvgIpc) is 3.01. The summed E-state index contributed by atoms with van der Waals surface area (Å²) < 4.78 is 5.96. The highest BCUT2D eigenvalue weighted by Crippen LogP contribution is 2.28. The number of amides is 1. The van der Waals surface area contributed by atoms with E-state index in [-0.39, 0.29) is 30.5 Å². The lowest BCUT2D eigenvalue weighted by Crippen LogP contribution is -2.46. The molecular formula is C16H19ClN2O2S. The zero-order valence-corrected chi connectivity index (χ0v) is 13.9. The molecule has 1 aliphatic rings. The molecule has 2 atom stereocenters. The first-order valence-corrected chi connectivity index (χ1v) is 7.91. The lowest BCUT2D eigenvalue weighted by molar-refractivity contribution is -0.0689. The van der Waals surface area contributed by atoms with Gasteiger partial charge in [-0.05, 0) is 41.4 Å². The Balaban J connectivity index is 0.00000176. The predicted molar refractivity (Wildman–Crippen MR) is 91.6 cm³/mol. The van der Waals surface area contributed by atoms with E-state index < -0.39 is 0 Å². The Bertz CT molecular complexity index is 633. The summed E-state index contributed by atoms with van der Waals surface area (Å²) >= 11 is 1.64. The van der Waals surface area contributed by atoms with Crippen LogP contribution in [0.2, 0.25) is 0 Å². The first kappa shape index (κ1) is 16.8. The Kier molecular flexibility index (Phi) is 5.45. The number of hydrogen-bond acceptors (Lipinski definition) is 4. The minimum Gasteiger partial charge on any atom is -0.398 e. The molecule has 2 heterocycles. The van der Waals surface area contributed by atoms with Crippen molar-refractivity contribution >= 4 is 35.3 Å². The Morgan fingerprint density at radius 1 is 1.32 bits per heavy atom. The van der Waals surface area contributed by atoms with Gasteiger partial charge in [-0.25, -0.2) is 0 Å². The molecule has 1 saturated heterocycles. The number of nitrogen functional groups attached to an aromatic ring is 1. The summed E-state index contributed by atoms with van der Waals surface area (Å²) in [5, 5.41) is 4.10. The monoisotopic (exact) mass is 338 g/mol. The van der Waals surface area contributed by atoms with Crippen LogP contribution in [-0.2, 0) is 4.74 Å². The van der Waals surface area contributed by atoms with Crippen LogP contribution in [0.25, 0.3) is 0 Å². The normalized spacial score (nSPS) is 21.2. The van der Waals surface area contributed by atoms with Crippen LogP contribution in [0.5, 0.6) is 0 Å². The van der Waals surface area contributed by atoms with Gasteiger partial charge in [-0.2, -0.15) is 11.3 Å². The molecule has 0 saturated carbocycles. The molecule has 1 aliphatic heterocycles. The van der Waals surface area contributed by atoms with E-state index >= 15 is 0 Å². The number of thiophene rings is 1. The first-order chi connectivity index (χ1) is 10.1. The fraction of sp³-hybridized carbons (Fsp3) is 0.312. The fourth-order valence-corrected chi connectivity index (χ4v) is 3.32. The van der Waals surface area contributed by atoms with E-state index in [2.05, 4.69) is 5.38 Å². The molecule has 0 aliphatic carbocycles. The first-order valence-electron chi connectivity index (χ1n) is 6.96. The summed E-state index contributed by atoms with van der Waals surface area (Å²) in [4.78, 5) is 14.5. The largest absolute Gasteiger partial charge is 0.398 e. The van der Waals surface area contributed by atoms with Crippen LogP contribution >= 0.6 is 23.7 Å². The Morgan fingerprint density at radius 3 is 2.77 bits per heavy atom. The number of carbonyl (C=O) groups excluding carboxylic acids is 1. The molecule has 6 heteroatoms. The van der Waals surface area contributed by atoms with E-state index in [4.69, 9.17) is 10.5 Å². The molecule has 2 unspecified atom stereocenters. The molecule has 1 fully saturated rings.